The summed E-state index contributed by atoms with van der Waals surface area (Å²) in [5.41, 5.74) is 0. The molecule has 0 radical (unpaired) electrons. The molecule has 1 unspecified atom stereocenters. The molecule has 0 aromatic heterocycles. The molecular weight excluding hydrogens is 100 g/mol. The SMILES string of the molecule is CC1C=CNCCN1. The van der Waals surface area contributed by atoms with Crippen molar-refractivity contribution in [3.63, 3.8) is 0 Å². The fourth-order valence-electron chi connectivity index (χ4n) is 0.736. The summed E-state index contributed by atoms with van der Waals surface area (Å²) in [5.74, 6) is 0. The van der Waals surface area contributed by atoms with Gasteiger partial charge in [-0.3, -0.25) is 0 Å². The van der Waals surface area contributed by atoms with Crippen LogP contribution in [0.4, 0.5) is 0 Å². The minimum atomic E-state index is 0.532. The van der Waals surface area contributed by atoms with Crippen molar-refractivity contribution in [3.8, 4) is 0 Å². The zero-order valence-electron chi connectivity index (χ0n) is 5.15. The summed E-state index contributed by atoms with van der Waals surface area (Å²) in [6, 6.07) is 0.532. The Morgan fingerprint density at radius 2 is 2.38 bits per heavy atom. The van der Waals surface area contributed by atoms with E-state index in [1.54, 1.807) is 0 Å². The summed E-state index contributed by atoms with van der Waals surface area (Å²) in [7, 11) is 0. The molecule has 1 rings (SSSR count). The smallest absolute Gasteiger partial charge is 0.0266 e. The molecule has 2 nitrogen and oxygen atoms in total. The molecule has 0 aromatic carbocycles. The zero-order valence-corrected chi connectivity index (χ0v) is 5.15. The number of hydrogen-bond acceptors (Lipinski definition) is 2. The minimum Gasteiger partial charge on any atom is -0.390 e. The van der Waals surface area contributed by atoms with E-state index in [1.165, 1.54) is 0 Å². The normalized spacial score (nSPS) is 28.9. The number of nitrogens with one attached hydrogen (secondary N) is 2. The average molecular weight is 112 g/mol. The summed E-state index contributed by atoms with van der Waals surface area (Å²) in [5, 5.41) is 6.43. The van der Waals surface area contributed by atoms with Crippen LogP contribution in [0.5, 0.6) is 0 Å². The van der Waals surface area contributed by atoms with Crippen molar-refractivity contribution in [2.75, 3.05) is 13.1 Å². The Bertz CT molecular complexity index is 88.5. The summed E-state index contributed by atoms with van der Waals surface area (Å²) in [6.45, 7) is 4.25. The molecule has 0 spiro atoms. The second kappa shape index (κ2) is 2.72. The lowest BCUT2D eigenvalue weighted by atomic mass is 10.3. The van der Waals surface area contributed by atoms with Crippen molar-refractivity contribution < 1.29 is 0 Å². The number of rotatable bonds is 0. The molecule has 2 heteroatoms. The van der Waals surface area contributed by atoms with Gasteiger partial charge in [0, 0.05) is 19.1 Å². The third-order valence-corrected chi connectivity index (χ3v) is 1.24. The van der Waals surface area contributed by atoms with Gasteiger partial charge in [-0.2, -0.15) is 0 Å². The van der Waals surface area contributed by atoms with E-state index in [-0.39, 0.29) is 0 Å². The molecule has 46 valence electrons. The quantitative estimate of drug-likeness (QED) is 0.464. The topological polar surface area (TPSA) is 24.1 Å². The maximum atomic E-state index is 3.30. The summed E-state index contributed by atoms with van der Waals surface area (Å²) >= 11 is 0. The lowest BCUT2D eigenvalue weighted by Gasteiger charge is -2.02. The van der Waals surface area contributed by atoms with Gasteiger partial charge in [-0.1, -0.05) is 6.08 Å². The van der Waals surface area contributed by atoms with E-state index in [2.05, 4.69) is 23.6 Å². The molecule has 1 atom stereocenters. The van der Waals surface area contributed by atoms with Crippen LogP contribution < -0.4 is 10.6 Å². The molecule has 0 saturated carbocycles. The average Bonchev–Trinajstić information content (AvgIpc) is 1.94. The van der Waals surface area contributed by atoms with Gasteiger partial charge in [-0.25, -0.2) is 0 Å². The Morgan fingerprint density at radius 1 is 1.50 bits per heavy atom. The molecule has 8 heavy (non-hydrogen) atoms. The van der Waals surface area contributed by atoms with Gasteiger partial charge in [-0.05, 0) is 13.1 Å². The van der Waals surface area contributed by atoms with Crippen LogP contribution in [0.15, 0.2) is 12.3 Å². The maximum Gasteiger partial charge on any atom is 0.0266 e. The zero-order chi connectivity index (χ0) is 5.82. The molecular formula is C6H12N2. The fraction of sp³-hybridized carbons (Fsp3) is 0.667. The molecule has 0 saturated heterocycles. The van der Waals surface area contributed by atoms with E-state index in [0.717, 1.165) is 13.1 Å². The monoisotopic (exact) mass is 112 g/mol. The van der Waals surface area contributed by atoms with Crippen LogP contribution in [-0.4, -0.2) is 19.1 Å². The molecule has 1 aliphatic rings. The molecule has 1 aliphatic heterocycles. The van der Waals surface area contributed by atoms with E-state index in [0.29, 0.717) is 6.04 Å². The highest BCUT2D eigenvalue weighted by molar-refractivity contribution is 4.91. The van der Waals surface area contributed by atoms with Crippen LogP contribution in [0.25, 0.3) is 0 Å². The molecule has 0 bridgehead atoms. The van der Waals surface area contributed by atoms with Crippen molar-refractivity contribution in [2.24, 2.45) is 0 Å². The molecule has 1 heterocycles. The largest absolute Gasteiger partial charge is 0.390 e. The first kappa shape index (κ1) is 5.63. The molecule has 0 amide bonds. The summed E-state index contributed by atoms with van der Waals surface area (Å²) in [4.78, 5) is 0. The Kier molecular flexibility index (Phi) is 1.92. The summed E-state index contributed by atoms with van der Waals surface area (Å²) in [6.07, 6.45) is 4.12. The molecule has 0 aromatic rings. The van der Waals surface area contributed by atoms with Gasteiger partial charge in [0.1, 0.15) is 0 Å². The van der Waals surface area contributed by atoms with Crippen LogP contribution in [0.2, 0.25) is 0 Å². The standard InChI is InChI=1S/C6H12N2/c1-6-2-3-7-4-5-8-6/h2-3,6-8H,4-5H2,1H3. The third kappa shape index (κ3) is 1.54. The van der Waals surface area contributed by atoms with Gasteiger partial charge in [-0.15, -0.1) is 0 Å². The highest BCUT2D eigenvalue weighted by atomic mass is 15.0. The highest BCUT2D eigenvalue weighted by Gasteiger charge is 1.95. The molecule has 2 N–H and O–H groups in total. The third-order valence-electron chi connectivity index (χ3n) is 1.24. The predicted octanol–water partition coefficient (Wildman–Crippen LogP) is 0.0814. The van der Waals surface area contributed by atoms with Gasteiger partial charge < -0.3 is 10.6 Å². The van der Waals surface area contributed by atoms with Crippen LogP contribution in [0.3, 0.4) is 0 Å². The van der Waals surface area contributed by atoms with Crippen molar-refractivity contribution in [1.29, 1.82) is 0 Å². The van der Waals surface area contributed by atoms with E-state index in [9.17, 15) is 0 Å². The second-order valence-electron chi connectivity index (χ2n) is 2.06. The first-order valence-corrected chi connectivity index (χ1v) is 3.03. The molecule has 0 aliphatic carbocycles. The van der Waals surface area contributed by atoms with Crippen molar-refractivity contribution in [3.05, 3.63) is 12.3 Å². The lowest BCUT2D eigenvalue weighted by Crippen LogP contribution is -2.26. The Labute approximate surface area is 50.0 Å². The first-order chi connectivity index (χ1) is 3.89. The Morgan fingerprint density at radius 3 is 3.25 bits per heavy atom. The van der Waals surface area contributed by atoms with Crippen molar-refractivity contribution in [1.82, 2.24) is 10.6 Å². The van der Waals surface area contributed by atoms with Gasteiger partial charge >= 0.3 is 0 Å². The van der Waals surface area contributed by atoms with Crippen LogP contribution in [-0.2, 0) is 0 Å². The van der Waals surface area contributed by atoms with Crippen LogP contribution in [0, 0.1) is 0 Å². The van der Waals surface area contributed by atoms with Crippen LogP contribution in [0.1, 0.15) is 6.92 Å². The van der Waals surface area contributed by atoms with E-state index >= 15 is 0 Å². The fourth-order valence-corrected chi connectivity index (χ4v) is 0.736. The van der Waals surface area contributed by atoms with E-state index in [1.807, 2.05) is 6.20 Å². The van der Waals surface area contributed by atoms with Gasteiger partial charge in [0.15, 0.2) is 0 Å². The van der Waals surface area contributed by atoms with E-state index < -0.39 is 0 Å². The minimum absolute atomic E-state index is 0.532. The van der Waals surface area contributed by atoms with Crippen LogP contribution >= 0.6 is 0 Å². The molecule has 0 fully saturated rings. The Balaban J connectivity index is 2.33. The van der Waals surface area contributed by atoms with Gasteiger partial charge in [0.05, 0.1) is 0 Å². The van der Waals surface area contributed by atoms with Gasteiger partial charge in [0.2, 0.25) is 0 Å². The Hall–Kier alpha value is -0.500. The van der Waals surface area contributed by atoms with Gasteiger partial charge in [0.25, 0.3) is 0 Å². The highest BCUT2D eigenvalue weighted by Crippen LogP contribution is 1.84. The predicted molar refractivity (Wildman–Crippen MR) is 34.6 cm³/mol. The lowest BCUT2D eigenvalue weighted by molar-refractivity contribution is 0.640. The number of hydrogen-bond donors (Lipinski definition) is 2. The summed E-state index contributed by atoms with van der Waals surface area (Å²) < 4.78 is 0. The maximum absolute atomic E-state index is 3.30. The first-order valence-electron chi connectivity index (χ1n) is 3.03. The second-order valence-corrected chi connectivity index (χ2v) is 2.06. The van der Waals surface area contributed by atoms with Crippen molar-refractivity contribution >= 4 is 0 Å². The van der Waals surface area contributed by atoms with Crippen molar-refractivity contribution in [2.45, 2.75) is 13.0 Å². The van der Waals surface area contributed by atoms with E-state index in [4.69, 9.17) is 0 Å².